The van der Waals surface area contributed by atoms with Crippen molar-refractivity contribution in [3.05, 3.63) is 287 Å². The van der Waals surface area contributed by atoms with E-state index >= 15 is 0 Å². The smallest absolute Gasteiger partial charge is 0.0742 e. The van der Waals surface area contributed by atoms with E-state index in [1.807, 2.05) is 0 Å². The van der Waals surface area contributed by atoms with Crippen LogP contribution in [0.3, 0.4) is 0 Å². The summed E-state index contributed by atoms with van der Waals surface area (Å²) in [5.74, 6) is 0. The maximum absolute atomic E-state index is 2.53. The van der Waals surface area contributed by atoms with Gasteiger partial charge in [-0.25, -0.2) is 0 Å². The van der Waals surface area contributed by atoms with Crippen LogP contribution in [-0.2, 0) is 10.8 Å². The van der Waals surface area contributed by atoms with E-state index in [0.717, 1.165) is 0 Å². The number of para-hydroxylation sites is 4. The van der Waals surface area contributed by atoms with Crippen molar-refractivity contribution in [2.45, 2.75) is 10.8 Å². The van der Waals surface area contributed by atoms with Gasteiger partial charge in [0, 0.05) is 21.5 Å². The Bertz CT molecular complexity index is 3490. The van der Waals surface area contributed by atoms with Crippen LogP contribution in [0.15, 0.2) is 243 Å². The molecule has 4 heterocycles. The van der Waals surface area contributed by atoms with Crippen molar-refractivity contribution in [2.24, 2.45) is 0 Å². The predicted octanol–water partition coefficient (Wildman–Crippen LogP) is 14.9. The molecule has 298 valence electrons. The quantitative estimate of drug-likeness (QED) is 0.164. The molecular weight excluding hydrogens is 773 g/mol. The Kier molecular flexibility index (Phi) is 7.28. The first-order chi connectivity index (χ1) is 31.8. The maximum Gasteiger partial charge on any atom is 0.0742 e. The van der Waals surface area contributed by atoms with Gasteiger partial charge >= 0.3 is 0 Å². The lowest BCUT2D eigenvalue weighted by atomic mass is 9.62. The fourth-order valence-electron chi connectivity index (χ4n) is 12.2. The van der Waals surface area contributed by atoms with Gasteiger partial charge < -0.3 is 9.13 Å². The Morgan fingerprint density at radius 1 is 0.250 bits per heavy atom. The lowest BCUT2D eigenvalue weighted by Gasteiger charge is -2.42. The van der Waals surface area contributed by atoms with Crippen LogP contribution >= 0.6 is 0 Å². The van der Waals surface area contributed by atoms with Crippen LogP contribution in [0, 0.1) is 0 Å². The molecule has 0 amide bonds. The van der Waals surface area contributed by atoms with E-state index in [0.29, 0.717) is 0 Å². The summed E-state index contributed by atoms with van der Waals surface area (Å²) in [6, 6.07) is 91.0. The van der Waals surface area contributed by atoms with E-state index < -0.39 is 10.8 Å². The van der Waals surface area contributed by atoms with Crippen molar-refractivity contribution in [2.75, 3.05) is 0 Å². The van der Waals surface area contributed by atoms with Gasteiger partial charge in [0.25, 0.3) is 0 Å². The van der Waals surface area contributed by atoms with Crippen molar-refractivity contribution in [3.63, 3.8) is 0 Å². The third kappa shape index (κ3) is 4.44. The maximum atomic E-state index is 2.53. The Morgan fingerprint density at radius 3 is 0.953 bits per heavy atom. The number of hydrogen-bond acceptors (Lipinski definition) is 0. The molecule has 2 aliphatic rings. The molecule has 12 aromatic rings. The first-order valence-electron chi connectivity index (χ1n) is 22.4. The summed E-state index contributed by atoms with van der Waals surface area (Å²) in [7, 11) is 0. The molecule has 0 saturated heterocycles. The molecule has 2 heteroatoms. The van der Waals surface area contributed by atoms with Crippen LogP contribution in [0.4, 0.5) is 0 Å². The number of benzene rings is 10. The van der Waals surface area contributed by atoms with E-state index in [4.69, 9.17) is 0 Å². The van der Waals surface area contributed by atoms with E-state index in [9.17, 15) is 0 Å². The summed E-state index contributed by atoms with van der Waals surface area (Å²) in [5, 5.41) is 5.09. The second-order valence-electron chi connectivity index (χ2n) is 17.5. The fraction of sp³-hybridized carbons (Fsp3) is 0.0323. The van der Waals surface area contributed by atoms with Gasteiger partial charge in [-0.1, -0.05) is 206 Å². The summed E-state index contributed by atoms with van der Waals surface area (Å²) >= 11 is 0. The SMILES string of the molecule is c1ccc(C2(c3ccccc3)c3cc(-c4ccc5c(c4)C(c4ccccc4)(c4ccccc4)c4cccc6c7ccccc7n-5c46)ccc3-n3c4ccccc4c4cccc2c43)cc1. The number of fused-ring (bicyclic) bond motifs is 10. The van der Waals surface area contributed by atoms with Crippen molar-refractivity contribution < 1.29 is 0 Å². The first kappa shape index (κ1) is 35.4. The minimum Gasteiger partial charge on any atom is -0.309 e. The van der Waals surface area contributed by atoms with E-state index in [-0.39, 0.29) is 0 Å². The summed E-state index contributed by atoms with van der Waals surface area (Å²) in [4.78, 5) is 0. The van der Waals surface area contributed by atoms with Gasteiger partial charge in [0.15, 0.2) is 0 Å². The van der Waals surface area contributed by atoms with Gasteiger partial charge in [0.05, 0.1) is 44.3 Å². The molecule has 2 aliphatic heterocycles. The average Bonchev–Trinajstić information content (AvgIpc) is 3.90. The molecule has 0 unspecified atom stereocenters. The molecule has 0 bridgehead atoms. The normalized spacial score (nSPS) is 14.2. The standard InChI is InChI=1S/C62H40N2/c1-5-19-43(20-6-1)61(44-21-7-2-8-22-44)51-31-17-29-49-47-27-13-15-33-55(47)63(59(49)51)57-37-35-41(39-53(57)61)42-36-38-58-54(40-42)62(45-23-9-3-10-24-45,46-25-11-4-12-26-46)52-32-18-30-50-48-28-14-16-34-56(48)64(58)60(50)52/h1-40H. The number of aromatic nitrogens is 2. The van der Waals surface area contributed by atoms with Crippen LogP contribution in [-0.4, -0.2) is 9.13 Å². The zero-order chi connectivity index (χ0) is 42.0. The minimum atomic E-state index is -0.599. The van der Waals surface area contributed by atoms with Gasteiger partial charge in [-0.2, -0.15) is 0 Å². The molecule has 0 N–H and O–H groups in total. The number of rotatable bonds is 5. The van der Waals surface area contributed by atoms with Gasteiger partial charge in [-0.05, 0) is 92.0 Å². The van der Waals surface area contributed by atoms with Crippen molar-refractivity contribution in [1.29, 1.82) is 0 Å². The number of hydrogen-bond donors (Lipinski definition) is 0. The third-order valence-electron chi connectivity index (χ3n) is 14.6. The molecule has 64 heavy (non-hydrogen) atoms. The highest BCUT2D eigenvalue weighted by Gasteiger charge is 2.47. The monoisotopic (exact) mass is 812 g/mol. The molecule has 0 spiro atoms. The Morgan fingerprint density at radius 2 is 0.578 bits per heavy atom. The van der Waals surface area contributed by atoms with Gasteiger partial charge in [0.1, 0.15) is 0 Å². The molecule has 10 aromatic carbocycles. The molecule has 0 aliphatic carbocycles. The highest BCUT2D eigenvalue weighted by Crippen LogP contribution is 2.57. The molecule has 0 fully saturated rings. The molecule has 14 rings (SSSR count). The highest BCUT2D eigenvalue weighted by molar-refractivity contribution is 6.13. The number of nitrogens with zero attached hydrogens (tertiary/aromatic N) is 2. The Balaban J connectivity index is 1.11. The Hall–Kier alpha value is -8.20. The molecule has 2 aromatic heterocycles. The summed E-state index contributed by atoms with van der Waals surface area (Å²) in [5.41, 5.74) is 18.7. The van der Waals surface area contributed by atoms with Crippen LogP contribution in [0.25, 0.3) is 66.1 Å². The van der Waals surface area contributed by atoms with E-state index in [2.05, 4.69) is 252 Å². The van der Waals surface area contributed by atoms with Crippen LogP contribution < -0.4 is 0 Å². The van der Waals surface area contributed by atoms with Crippen LogP contribution in [0.5, 0.6) is 0 Å². The second kappa shape index (κ2) is 13.2. The zero-order valence-corrected chi connectivity index (χ0v) is 35.0. The van der Waals surface area contributed by atoms with Crippen molar-refractivity contribution >= 4 is 43.6 Å². The third-order valence-corrected chi connectivity index (χ3v) is 14.6. The van der Waals surface area contributed by atoms with Gasteiger partial charge in [-0.15, -0.1) is 0 Å². The van der Waals surface area contributed by atoms with Gasteiger partial charge in [-0.3, -0.25) is 0 Å². The molecule has 0 radical (unpaired) electrons. The summed E-state index contributed by atoms with van der Waals surface area (Å²) in [6.07, 6.45) is 0. The molecular formula is C62H40N2. The van der Waals surface area contributed by atoms with Crippen LogP contribution in [0.1, 0.15) is 44.5 Å². The lowest BCUT2D eigenvalue weighted by molar-refractivity contribution is 0.726. The largest absolute Gasteiger partial charge is 0.309 e. The topological polar surface area (TPSA) is 9.86 Å². The predicted molar refractivity (Wildman–Crippen MR) is 264 cm³/mol. The minimum absolute atomic E-state index is 0.599. The summed E-state index contributed by atoms with van der Waals surface area (Å²) in [6.45, 7) is 0. The summed E-state index contributed by atoms with van der Waals surface area (Å²) < 4.78 is 5.07. The zero-order valence-electron chi connectivity index (χ0n) is 35.0. The first-order valence-corrected chi connectivity index (χ1v) is 22.4. The average molecular weight is 813 g/mol. The highest BCUT2D eigenvalue weighted by atomic mass is 15.0. The van der Waals surface area contributed by atoms with E-state index in [1.165, 1.54) is 111 Å². The van der Waals surface area contributed by atoms with Crippen molar-refractivity contribution in [1.82, 2.24) is 9.13 Å². The Labute approximate surface area is 371 Å². The van der Waals surface area contributed by atoms with Crippen LogP contribution in [0.2, 0.25) is 0 Å². The van der Waals surface area contributed by atoms with Gasteiger partial charge in [0.2, 0.25) is 0 Å². The fourth-order valence-corrected chi connectivity index (χ4v) is 12.2. The molecule has 0 saturated carbocycles. The molecule has 0 atom stereocenters. The molecule has 2 nitrogen and oxygen atoms in total. The lowest BCUT2D eigenvalue weighted by Crippen LogP contribution is -2.35. The van der Waals surface area contributed by atoms with E-state index in [1.54, 1.807) is 0 Å². The van der Waals surface area contributed by atoms with Crippen molar-refractivity contribution in [3.8, 4) is 22.5 Å². The second-order valence-corrected chi connectivity index (χ2v) is 17.5.